The highest BCUT2D eigenvalue weighted by Gasteiger charge is 2.27. The van der Waals surface area contributed by atoms with Crippen LogP contribution in [0.4, 0.5) is 0 Å². The van der Waals surface area contributed by atoms with E-state index in [0.29, 0.717) is 15.8 Å². The zero-order valence-corrected chi connectivity index (χ0v) is 19.9. The standard InChI is InChI=1S/C23H28Cl2N2O2S/c1-4-16(2)26-23(29)17(3)27(13-18-9-5-7-11-20(18)24)22(28)15-30-14-19-10-6-8-12-21(19)25/h5-12,16-17H,4,13-15H2,1-3H3,(H,26,29)/t16-,17-/m1/s1. The number of carbonyl (C=O) groups is 2. The Labute approximate surface area is 193 Å². The molecule has 2 atom stereocenters. The van der Waals surface area contributed by atoms with Gasteiger partial charge in [-0.05, 0) is 43.5 Å². The first-order valence-corrected chi connectivity index (χ1v) is 11.9. The van der Waals surface area contributed by atoms with E-state index in [-0.39, 0.29) is 30.2 Å². The molecule has 0 heterocycles. The van der Waals surface area contributed by atoms with Gasteiger partial charge in [-0.1, -0.05) is 66.5 Å². The lowest BCUT2D eigenvalue weighted by Crippen LogP contribution is -2.50. The average Bonchev–Trinajstić information content (AvgIpc) is 2.73. The zero-order chi connectivity index (χ0) is 22.1. The van der Waals surface area contributed by atoms with Gasteiger partial charge in [0.2, 0.25) is 11.8 Å². The van der Waals surface area contributed by atoms with Crippen molar-refractivity contribution < 1.29 is 9.59 Å². The molecule has 0 saturated heterocycles. The third-order valence-corrected chi connectivity index (χ3v) is 6.61. The zero-order valence-electron chi connectivity index (χ0n) is 17.5. The minimum absolute atomic E-state index is 0.0480. The number of benzene rings is 2. The van der Waals surface area contributed by atoms with Gasteiger partial charge in [0.15, 0.2) is 0 Å². The van der Waals surface area contributed by atoms with Crippen LogP contribution in [0.25, 0.3) is 0 Å². The summed E-state index contributed by atoms with van der Waals surface area (Å²) in [5.41, 5.74) is 1.80. The quantitative estimate of drug-likeness (QED) is 0.498. The van der Waals surface area contributed by atoms with Gasteiger partial charge in [-0.25, -0.2) is 0 Å². The lowest BCUT2D eigenvalue weighted by molar-refractivity contribution is -0.138. The molecule has 0 saturated carbocycles. The maximum atomic E-state index is 13.1. The van der Waals surface area contributed by atoms with Crippen molar-refractivity contribution in [2.24, 2.45) is 0 Å². The number of thioether (sulfide) groups is 1. The van der Waals surface area contributed by atoms with E-state index in [4.69, 9.17) is 23.2 Å². The van der Waals surface area contributed by atoms with Crippen LogP contribution >= 0.6 is 35.0 Å². The van der Waals surface area contributed by atoms with Crippen molar-refractivity contribution in [2.75, 3.05) is 5.75 Å². The van der Waals surface area contributed by atoms with Gasteiger partial charge < -0.3 is 10.2 Å². The van der Waals surface area contributed by atoms with Crippen molar-refractivity contribution in [2.45, 2.75) is 51.6 Å². The number of rotatable bonds is 10. The van der Waals surface area contributed by atoms with Crippen molar-refractivity contribution in [3.8, 4) is 0 Å². The van der Waals surface area contributed by atoms with Crippen LogP contribution in [0.2, 0.25) is 10.0 Å². The van der Waals surface area contributed by atoms with E-state index in [2.05, 4.69) is 5.32 Å². The smallest absolute Gasteiger partial charge is 0.242 e. The maximum Gasteiger partial charge on any atom is 0.242 e. The molecule has 0 aliphatic carbocycles. The summed E-state index contributed by atoms with van der Waals surface area (Å²) in [6.07, 6.45) is 0.824. The Morgan fingerprint density at radius 2 is 1.57 bits per heavy atom. The second kappa shape index (κ2) is 12.2. The van der Waals surface area contributed by atoms with Crippen molar-refractivity contribution in [1.29, 1.82) is 0 Å². The second-order valence-corrected chi connectivity index (χ2v) is 8.99. The summed E-state index contributed by atoms with van der Waals surface area (Å²) in [7, 11) is 0. The highest BCUT2D eigenvalue weighted by Crippen LogP contribution is 2.23. The molecular weight excluding hydrogens is 439 g/mol. The fraction of sp³-hybridized carbons (Fsp3) is 0.391. The summed E-state index contributed by atoms with van der Waals surface area (Å²) in [5.74, 6) is 0.592. The molecule has 0 spiro atoms. The van der Waals surface area contributed by atoms with Crippen LogP contribution in [-0.4, -0.2) is 34.6 Å². The van der Waals surface area contributed by atoms with Crippen molar-refractivity contribution >= 4 is 46.8 Å². The lowest BCUT2D eigenvalue weighted by Gasteiger charge is -2.30. The number of carbonyl (C=O) groups excluding carboxylic acids is 2. The molecular formula is C23H28Cl2N2O2S. The molecule has 4 nitrogen and oxygen atoms in total. The van der Waals surface area contributed by atoms with E-state index >= 15 is 0 Å². The topological polar surface area (TPSA) is 49.4 Å². The molecule has 30 heavy (non-hydrogen) atoms. The lowest BCUT2D eigenvalue weighted by atomic mass is 10.1. The number of amides is 2. The predicted octanol–water partition coefficient (Wildman–Crippen LogP) is 5.56. The van der Waals surface area contributed by atoms with Crippen LogP contribution in [0.5, 0.6) is 0 Å². The number of hydrogen-bond donors (Lipinski definition) is 1. The first-order chi connectivity index (χ1) is 14.3. The van der Waals surface area contributed by atoms with Gasteiger partial charge in [-0.15, -0.1) is 11.8 Å². The van der Waals surface area contributed by atoms with Gasteiger partial charge in [-0.3, -0.25) is 9.59 Å². The van der Waals surface area contributed by atoms with Crippen molar-refractivity contribution in [1.82, 2.24) is 10.2 Å². The monoisotopic (exact) mass is 466 g/mol. The first kappa shape index (κ1) is 24.6. The molecule has 1 N–H and O–H groups in total. The number of hydrogen-bond acceptors (Lipinski definition) is 3. The Balaban J connectivity index is 2.10. The Bertz CT molecular complexity index is 863. The van der Waals surface area contributed by atoms with E-state index in [0.717, 1.165) is 17.5 Å². The minimum Gasteiger partial charge on any atom is -0.352 e. The third kappa shape index (κ3) is 7.22. The molecule has 7 heteroatoms. The molecule has 0 aliphatic rings. The van der Waals surface area contributed by atoms with Crippen LogP contribution in [0.1, 0.15) is 38.3 Å². The predicted molar refractivity (Wildman–Crippen MR) is 127 cm³/mol. The molecule has 0 radical (unpaired) electrons. The number of halogens is 2. The molecule has 162 valence electrons. The third-order valence-electron chi connectivity index (χ3n) is 4.91. The van der Waals surface area contributed by atoms with E-state index in [1.54, 1.807) is 17.9 Å². The largest absolute Gasteiger partial charge is 0.352 e. The van der Waals surface area contributed by atoms with Gasteiger partial charge in [0.1, 0.15) is 6.04 Å². The van der Waals surface area contributed by atoms with Crippen LogP contribution in [0, 0.1) is 0 Å². The average molecular weight is 467 g/mol. The molecule has 0 aromatic heterocycles. The molecule has 0 unspecified atom stereocenters. The number of nitrogens with zero attached hydrogens (tertiary/aromatic N) is 1. The molecule has 0 bridgehead atoms. The van der Waals surface area contributed by atoms with Crippen LogP contribution < -0.4 is 5.32 Å². The van der Waals surface area contributed by atoms with E-state index < -0.39 is 6.04 Å². The Hall–Kier alpha value is -1.69. The summed E-state index contributed by atoms with van der Waals surface area (Å²) in [5, 5.41) is 4.23. The van der Waals surface area contributed by atoms with Gasteiger partial charge >= 0.3 is 0 Å². The number of nitrogens with one attached hydrogen (secondary N) is 1. The summed E-state index contributed by atoms with van der Waals surface area (Å²) >= 11 is 14.0. The van der Waals surface area contributed by atoms with Crippen LogP contribution in [-0.2, 0) is 21.9 Å². The molecule has 0 fully saturated rings. The van der Waals surface area contributed by atoms with E-state index in [1.807, 2.05) is 56.3 Å². The molecule has 2 aromatic rings. The summed E-state index contributed by atoms with van der Waals surface area (Å²) in [6.45, 7) is 5.99. The summed E-state index contributed by atoms with van der Waals surface area (Å²) in [6, 6.07) is 14.4. The Morgan fingerprint density at radius 1 is 1.00 bits per heavy atom. The maximum absolute atomic E-state index is 13.1. The Kier molecular flexibility index (Phi) is 10.0. The molecule has 0 aliphatic heterocycles. The van der Waals surface area contributed by atoms with Gasteiger partial charge in [-0.2, -0.15) is 0 Å². The molecule has 2 amide bonds. The molecule has 2 rings (SSSR count). The van der Waals surface area contributed by atoms with Crippen molar-refractivity contribution in [3.05, 3.63) is 69.7 Å². The summed E-state index contributed by atoms with van der Waals surface area (Å²) in [4.78, 5) is 27.4. The molecule has 2 aromatic carbocycles. The minimum atomic E-state index is -0.608. The Morgan fingerprint density at radius 3 is 2.13 bits per heavy atom. The SMILES string of the molecule is CC[C@@H](C)NC(=O)[C@@H](C)N(Cc1ccccc1Cl)C(=O)CSCc1ccccc1Cl. The summed E-state index contributed by atoms with van der Waals surface area (Å²) < 4.78 is 0. The van der Waals surface area contributed by atoms with Crippen LogP contribution in [0.15, 0.2) is 48.5 Å². The van der Waals surface area contributed by atoms with Crippen molar-refractivity contribution in [3.63, 3.8) is 0 Å². The van der Waals surface area contributed by atoms with Gasteiger partial charge in [0.05, 0.1) is 5.75 Å². The van der Waals surface area contributed by atoms with E-state index in [1.165, 1.54) is 11.8 Å². The van der Waals surface area contributed by atoms with Crippen LogP contribution in [0.3, 0.4) is 0 Å². The van der Waals surface area contributed by atoms with Gasteiger partial charge in [0.25, 0.3) is 0 Å². The highest BCUT2D eigenvalue weighted by molar-refractivity contribution is 7.99. The fourth-order valence-corrected chi connectivity index (χ4v) is 4.20. The fourth-order valence-electron chi connectivity index (χ4n) is 2.80. The normalized spacial score (nSPS) is 12.8. The van der Waals surface area contributed by atoms with E-state index in [9.17, 15) is 9.59 Å². The highest BCUT2D eigenvalue weighted by atomic mass is 35.5. The first-order valence-electron chi connectivity index (χ1n) is 9.97. The van der Waals surface area contributed by atoms with Gasteiger partial charge in [0, 0.05) is 28.4 Å². The second-order valence-electron chi connectivity index (χ2n) is 7.19.